The van der Waals surface area contributed by atoms with Gasteiger partial charge in [0.1, 0.15) is 5.69 Å². The van der Waals surface area contributed by atoms with Gasteiger partial charge >= 0.3 is 0 Å². The number of rotatable bonds is 6. The van der Waals surface area contributed by atoms with Crippen LogP contribution in [0.2, 0.25) is 0 Å². The zero-order valence-corrected chi connectivity index (χ0v) is 11.9. The predicted octanol–water partition coefficient (Wildman–Crippen LogP) is 0.166. The molecule has 1 aromatic rings. The maximum absolute atomic E-state index is 11.5. The lowest BCUT2D eigenvalue weighted by Crippen LogP contribution is -2.43. The second-order valence-corrected chi connectivity index (χ2v) is 5.10. The Hall–Kier alpha value is -1.66. The van der Waals surface area contributed by atoms with E-state index in [1.807, 2.05) is 19.0 Å². The van der Waals surface area contributed by atoms with Gasteiger partial charge in [-0.3, -0.25) is 9.78 Å². The summed E-state index contributed by atoms with van der Waals surface area (Å²) in [5.74, 6) is -0.233. The number of likely N-dealkylation sites (N-methyl/N-ethyl adjacent to an activating group) is 1. The number of nitrogens with one attached hydrogen (secondary N) is 2. The summed E-state index contributed by atoms with van der Waals surface area (Å²) in [5.41, 5.74) is 0.257. The van der Waals surface area contributed by atoms with E-state index in [4.69, 9.17) is 0 Å². The van der Waals surface area contributed by atoms with Crippen molar-refractivity contribution < 1.29 is 9.90 Å². The molecular formula is C13H22N4O2. The van der Waals surface area contributed by atoms with Gasteiger partial charge in [0.25, 0.3) is 5.91 Å². The maximum atomic E-state index is 11.5. The molecule has 1 rings (SSSR count). The lowest BCUT2D eigenvalue weighted by atomic mass is 10.1. The zero-order valence-electron chi connectivity index (χ0n) is 11.9. The monoisotopic (exact) mass is 266 g/mol. The van der Waals surface area contributed by atoms with E-state index in [-0.39, 0.29) is 5.91 Å². The summed E-state index contributed by atoms with van der Waals surface area (Å²) in [4.78, 5) is 17.4. The van der Waals surface area contributed by atoms with Gasteiger partial charge in [0.05, 0.1) is 5.60 Å². The Morgan fingerprint density at radius 2 is 2.21 bits per heavy atom. The summed E-state index contributed by atoms with van der Waals surface area (Å²) in [6, 6.07) is 3.42. The van der Waals surface area contributed by atoms with E-state index in [1.165, 1.54) is 0 Å². The molecule has 6 nitrogen and oxygen atoms in total. The maximum Gasteiger partial charge on any atom is 0.269 e. The molecule has 0 fully saturated rings. The molecule has 1 amide bonds. The number of carbonyl (C=O) groups excluding carboxylic acids is 1. The summed E-state index contributed by atoms with van der Waals surface area (Å²) in [5, 5.41) is 15.8. The summed E-state index contributed by atoms with van der Waals surface area (Å²) >= 11 is 0. The third-order valence-electron chi connectivity index (χ3n) is 2.55. The first-order valence-corrected chi connectivity index (χ1v) is 6.13. The van der Waals surface area contributed by atoms with E-state index >= 15 is 0 Å². The Morgan fingerprint density at radius 1 is 1.53 bits per heavy atom. The fraction of sp³-hybridized carbons (Fsp3) is 0.538. The van der Waals surface area contributed by atoms with Crippen LogP contribution in [0.1, 0.15) is 17.4 Å². The largest absolute Gasteiger partial charge is 0.387 e. The second-order valence-electron chi connectivity index (χ2n) is 5.10. The van der Waals surface area contributed by atoms with Crippen LogP contribution in [0.5, 0.6) is 0 Å². The average Bonchev–Trinajstić information content (AvgIpc) is 2.34. The molecule has 0 saturated carbocycles. The van der Waals surface area contributed by atoms with Gasteiger partial charge in [0, 0.05) is 32.0 Å². The Balaban J connectivity index is 2.65. The first-order valence-electron chi connectivity index (χ1n) is 6.13. The van der Waals surface area contributed by atoms with Crippen LogP contribution >= 0.6 is 0 Å². The topological polar surface area (TPSA) is 77.5 Å². The molecule has 0 aliphatic carbocycles. The van der Waals surface area contributed by atoms with Gasteiger partial charge in [-0.2, -0.15) is 0 Å². The quantitative estimate of drug-likeness (QED) is 0.684. The van der Waals surface area contributed by atoms with Gasteiger partial charge in [-0.05, 0) is 33.2 Å². The molecule has 0 radical (unpaired) electrons. The second kappa shape index (κ2) is 6.49. The average molecular weight is 266 g/mol. The minimum absolute atomic E-state index is 0.233. The molecule has 0 spiro atoms. The number of aromatic nitrogens is 1. The van der Waals surface area contributed by atoms with Crippen LogP contribution in [0.4, 0.5) is 5.69 Å². The Kier molecular flexibility index (Phi) is 5.26. The summed E-state index contributed by atoms with van der Waals surface area (Å²) < 4.78 is 0. The van der Waals surface area contributed by atoms with E-state index < -0.39 is 5.60 Å². The third-order valence-corrected chi connectivity index (χ3v) is 2.55. The van der Waals surface area contributed by atoms with Gasteiger partial charge < -0.3 is 20.6 Å². The molecule has 1 heterocycles. The number of carbonyl (C=O) groups is 1. The molecule has 0 bridgehead atoms. The molecule has 1 aromatic heterocycles. The van der Waals surface area contributed by atoms with Crippen molar-refractivity contribution in [1.29, 1.82) is 0 Å². The number of pyridine rings is 1. The van der Waals surface area contributed by atoms with Crippen molar-refractivity contribution in [2.24, 2.45) is 0 Å². The van der Waals surface area contributed by atoms with Gasteiger partial charge in [-0.25, -0.2) is 0 Å². The lowest BCUT2D eigenvalue weighted by molar-refractivity contribution is 0.0460. The highest BCUT2D eigenvalue weighted by Gasteiger charge is 2.21. The van der Waals surface area contributed by atoms with Crippen LogP contribution in [0.3, 0.4) is 0 Å². The minimum atomic E-state index is -0.847. The Labute approximate surface area is 113 Å². The Bertz CT molecular complexity index is 432. The zero-order chi connectivity index (χ0) is 14.5. The van der Waals surface area contributed by atoms with Crippen molar-refractivity contribution in [3.8, 4) is 0 Å². The van der Waals surface area contributed by atoms with Crippen LogP contribution in [0, 0.1) is 0 Å². The Morgan fingerprint density at radius 3 is 2.79 bits per heavy atom. The SMILES string of the molecule is CNC(=O)c1cc(NCC(C)(O)CN(C)C)ccn1. The molecular weight excluding hydrogens is 244 g/mol. The van der Waals surface area contributed by atoms with Crippen molar-refractivity contribution in [1.82, 2.24) is 15.2 Å². The molecule has 6 heteroatoms. The molecule has 0 aromatic carbocycles. The van der Waals surface area contributed by atoms with Crippen LogP contribution < -0.4 is 10.6 Å². The number of amides is 1. The van der Waals surface area contributed by atoms with E-state index in [1.54, 1.807) is 32.3 Å². The van der Waals surface area contributed by atoms with E-state index in [9.17, 15) is 9.90 Å². The smallest absolute Gasteiger partial charge is 0.269 e. The van der Waals surface area contributed by atoms with Crippen molar-refractivity contribution in [2.45, 2.75) is 12.5 Å². The highest BCUT2D eigenvalue weighted by molar-refractivity contribution is 5.92. The van der Waals surface area contributed by atoms with Crippen molar-refractivity contribution >= 4 is 11.6 Å². The lowest BCUT2D eigenvalue weighted by Gasteiger charge is -2.27. The van der Waals surface area contributed by atoms with Crippen molar-refractivity contribution in [3.05, 3.63) is 24.0 Å². The van der Waals surface area contributed by atoms with E-state index in [0.29, 0.717) is 18.8 Å². The first kappa shape index (κ1) is 15.4. The van der Waals surface area contributed by atoms with Crippen LogP contribution in [-0.4, -0.2) is 60.7 Å². The molecule has 19 heavy (non-hydrogen) atoms. The summed E-state index contributed by atoms with van der Waals surface area (Å²) in [6.45, 7) is 2.70. The highest BCUT2D eigenvalue weighted by atomic mass is 16.3. The molecule has 1 unspecified atom stereocenters. The summed E-state index contributed by atoms with van der Waals surface area (Å²) in [6.07, 6.45) is 1.56. The number of nitrogens with zero attached hydrogens (tertiary/aromatic N) is 2. The molecule has 3 N–H and O–H groups in total. The predicted molar refractivity (Wildman–Crippen MR) is 75.3 cm³/mol. The number of hydrogen-bond acceptors (Lipinski definition) is 5. The van der Waals surface area contributed by atoms with Crippen molar-refractivity contribution in [3.63, 3.8) is 0 Å². The standard InChI is InChI=1S/C13H22N4O2/c1-13(19,9-17(3)4)8-16-10-5-6-15-11(7-10)12(18)14-2/h5-7,19H,8-9H2,1-4H3,(H,14,18)(H,15,16). The normalized spacial score (nSPS) is 14.0. The molecule has 0 aliphatic heterocycles. The van der Waals surface area contributed by atoms with Crippen molar-refractivity contribution in [2.75, 3.05) is 39.5 Å². The van der Waals surface area contributed by atoms with Gasteiger partial charge in [-0.15, -0.1) is 0 Å². The molecule has 0 saturated heterocycles. The number of aliphatic hydroxyl groups is 1. The van der Waals surface area contributed by atoms with E-state index in [2.05, 4.69) is 15.6 Å². The van der Waals surface area contributed by atoms with Crippen LogP contribution in [-0.2, 0) is 0 Å². The fourth-order valence-electron chi connectivity index (χ4n) is 1.82. The van der Waals surface area contributed by atoms with Gasteiger partial charge in [0.15, 0.2) is 0 Å². The fourth-order valence-corrected chi connectivity index (χ4v) is 1.82. The third kappa shape index (κ3) is 5.23. The van der Waals surface area contributed by atoms with Crippen LogP contribution in [0.25, 0.3) is 0 Å². The van der Waals surface area contributed by atoms with E-state index in [0.717, 1.165) is 5.69 Å². The number of anilines is 1. The first-order chi connectivity index (χ1) is 8.84. The number of hydrogen-bond donors (Lipinski definition) is 3. The summed E-state index contributed by atoms with van der Waals surface area (Å²) in [7, 11) is 5.38. The van der Waals surface area contributed by atoms with Gasteiger partial charge in [-0.1, -0.05) is 0 Å². The van der Waals surface area contributed by atoms with Gasteiger partial charge in [0.2, 0.25) is 0 Å². The molecule has 1 atom stereocenters. The highest BCUT2D eigenvalue weighted by Crippen LogP contribution is 2.11. The molecule has 106 valence electrons. The molecule has 0 aliphatic rings. The minimum Gasteiger partial charge on any atom is -0.387 e. The van der Waals surface area contributed by atoms with Crippen LogP contribution in [0.15, 0.2) is 18.3 Å².